The Bertz CT molecular complexity index is 746. The third kappa shape index (κ3) is 2.70. The number of rotatable bonds is 3. The largest absolute Gasteiger partial charge is 0.437 e. The molecule has 0 aromatic carbocycles. The molecule has 0 bridgehead atoms. The van der Waals surface area contributed by atoms with Gasteiger partial charge in [0.2, 0.25) is 5.72 Å². The Labute approximate surface area is 142 Å². The number of Topliss-reactive ketones (excluding diaryl/α,β-unsaturated/α-hetero) is 1. The molecular weight excluding hydrogens is 365 g/mol. The van der Waals surface area contributed by atoms with Crippen LogP contribution < -0.4 is 10.6 Å². The smallest absolute Gasteiger partial charge is 0.363 e. The molecule has 5 nitrogen and oxygen atoms in total. The number of hydrogen-bond donors (Lipinski definition) is 3. The second-order valence-corrected chi connectivity index (χ2v) is 7.10. The summed E-state index contributed by atoms with van der Waals surface area (Å²) >= 11 is 2.06. The lowest BCUT2D eigenvalue weighted by Gasteiger charge is -2.44. The van der Waals surface area contributed by atoms with Gasteiger partial charge in [0.25, 0.3) is 0 Å². The van der Waals surface area contributed by atoms with Crippen LogP contribution in [0, 0.1) is 5.92 Å². The summed E-state index contributed by atoms with van der Waals surface area (Å²) in [4.78, 5) is 24.8. The summed E-state index contributed by atoms with van der Waals surface area (Å²) in [5, 5.41) is 17.2. The van der Waals surface area contributed by atoms with Crippen molar-refractivity contribution in [2.75, 3.05) is 0 Å². The molecule has 0 aliphatic carbocycles. The summed E-state index contributed by atoms with van der Waals surface area (Å²) in [7, 11) is 0. The van der Waals surface area contributed by atoms with Crippen molar-refractivity contribution in [3.05, 3.63) is 44.8 Å². The zero-order chi connectivity index (χ0) is 17.5. The third-order valence-electron chi connectivity index (χ3n) is 3.70. The van der Waals surface area contributed by atoms with E-state index in [2.05, 4.69) is 5.32 Å². The number of nitrogens with one attached hydrogen (secondary N) is 2. The number of halogens is 3. The second kappa shape index (κ2) is 5.87. The fourth-order valence-corrected chi connectivity index (χ4v) is 4.13. The Balaban J connectivity index is 2.13. The van der Waals surface area contributed by atoms with Crippen LogP contribution in [0.2, 0.25) is 0 Å². The maximum atomic E-state index is 13.5. The molecule has 2 aromatic heterocycles. The SMILES string of the molecule is O=C1N[C@H](c2cccs2)[C@@H](C(=O)c2cccs2)[C@](O)(C(F)(F)F)N1. The van der Waals surface area contributed by atoms with Gasteiger partial charge in [-0.15, -0.1) is 22.7 Å². The van der Waals surface area contributed by atoms with Crippen molar-refractivity contribution >= 4 is 34.5 Å². The Morgan fingerprint density at radius 2 is 1.88 bits per heavy atom. The molecule has 1 saturated heterocycles. The van der Waals surface area contributed by atoms with Crippen LogP contribution in [0.1, 0.15) is 20.6 Å². The van der Waals surface area contributed by atoms with Crippen LogP contribution in [-0.4, -0.2) is 28.8 Å². The molecule has 1 fully saturated rings. The molecular formula is C14H11F3N2O3S2. The molecule has 3 heterocycles. The summed E-state index contributed by atoms with van der Waals surface area (Å²) in [6, 6.07) is 3.52. The molecule has 0 saturated carbocycles. The first kappa shape index (κ1) is 16.9. The van der Waals surface area contributed by atoms with Crippen molar-refractivity contribution in [1.29, 1.82) is 0 Å². The number of amides is 2. The van der Waals surface area contributed by atoms with Crippen molar-refractivity contribution < 1.29 is 27.9 Å². The van der Waals surface area contributed by atoms with E-state index < -0.39 is 35.7 Å². The number of ketones is 1. The zero-order valence-corrected chi connectivity index (χ0v) is 13.5. The van der Waals surface area contributed by atoms with Crippen molar-refractivity contribution in [3.63, 3.8) is 0 Å². The number of alkyl halides is 3. The summed E-state index contributed by atoms with van der Waals surface area (Å²) in [5.41, 5.74) is -3.66. The number of urea groups is 1. The maximum Gasteiger partial charge on any atom is 0.437 e. The number of carbonyl (C=O) groups excluding carboxylic acids is 2. The Kier molecular flexibility index (Phi) is 4.14. The first-order valence-corrected chi connectivity index (χ1v) is 8.49. The minimum absolute atomic E-state index is 0.0715. The van der Waals surface area contributed by atoms with E-state index in [1.54, 1.807) is 16.8 Å². The molecule has 0 unspecified atom stereocenters. The lowest BCUT2D eigenvalue weighted by Crippen LogP contribution is -2.72. The molecule has 0 spiro atoms. The fraction of sp³-hybridized carbons (Fsp3) is 0.286. The first-order chi connectivity index (χ1) is 11.2. The molecule has 2 aromatic rings. The number of thiophene rings is 2. The maximum absolute atomic E-state index is 13.5. The highest BCUT2D eigenvalue weighted by atomic mass is 32.1. The minimum atomic E-state index is -5.22. The predicted octanol–water partition coefficient (Wildman–Crippen LogP) is 2.91. The fourth-order valence-electron chi connectivity index (χ4n) is 2.62. The molecule has 3 atom stereocenters. The van der Waals surface area contributed by atoms with Gasteiger partial charge in [0.1, 0.15) is 5.92 Å². The molecule has 3 N–H and O–H groups in total. The van der Waals surface area contributed by atoms with Crippen LogP contribution in [0.5, 0.6) is 0 Å². The number of carbonyl (C=O) groups is 2. The van der Waals surface area contributed by atoms with Crippen LogP contribution >= 0.6 is 22.7 Å². The van der Waals surface area contributed by atoms with Gasteiger partial charge < -0.3 is 15.7 Å². The second-order valence-electron chi connectivity index (χ2n) is 5.17. The standard InChI is InChI=1S/C14H11F3N2O3S2/c15-14(16,17)13(22)9(11(20)8-4-2-6-24-8)10(18-12(21)19-13)7-3-1-5-23-7/h1-6,9-10,22H,(H2,18,19,21)/t9-,10+,13-/m0/s1. The minimum Gasteiger partial charge on any atom is -0.363 e. The van der Waals surface area contributed by atoms with E-state index in [-0.39, 0.29) is 4.88 Å². The van der Waals surface area contributed by atoms with Crippen molar-refractivity contribution in [1.82, 2.24) is 10.6 Å². The summed E-state index contributed by atoms with van der Waals surface area (Å²) in [5.74, 6) is -2.84. The molecule has 10 heteroatoms. The van der Waals surface area contributed by atoms with E-state index in [1.165, 1.54) is 23.5 Å². The average Bonchev–Trinajstić information content (AvgIpc) is 3.18. The van der Waals surface area contributed by atoms with Gasteiger partial charge in [-0.05, 0) is 22.9 Å². The lowest BCUT2D eigenvalue weighted by molar-refractivity contribution is -0.287. The highest BCUT2D eigenvalue weighted by Crippen LogP contribution is 2.45. The number of aliphatic hydroxyl groups is 1. The van der Waals surface area contributed by atoms with Crippen LogP contribution in [0.4, 0.5) is 18.0 Å². The van der Waals surface area contributed by atoms with Gasteiger partial charge in [-0.25, -0.2) is 4.79 Å². The summed E-state index contributed by atoms with van der Waals surface area (Å²) in [6.07, 6.45) is -5.22. The van der Waals surface area contributed by atoms with E-state index >= 15 is 0 Å². The normalized spacial score (nSPS) is 27.4. The molecule has 0 radical (unpaired) electrons. The number of hydrogen-bond acceptors (Lipinski definition) is 5. The molecule has 128 valence electrons. The summed E-state index contributed by atoms with van der Waals surface area (Å²) in [6.45, 7) is 0. The highest BCUT2D eigenvalue weighted by molar-refractivity contribution is 7.12. The van der Waals surface area contributed by atoms with Gasteiger partial charge in [-0.1, -0.05) is 12.1 Å². The highest BCUT2D eigenvalue weighted by Gasteiger charge is 2.66. The molecule has 1 aliphatic heterocycles. The zero-order valence-electron chi connectivity index (χ0n) is 11.8. The van der Waals surface area contributed by atoms with Gasteiger partial charge in [0.15, 0.2) is 5.78 Å². The van der Waals surface area contributed by atoms with E-state index in [4.69, 9.17) is 0 Å². The van der Waals surface area contributed by atoms with E-state index in [0.29, 0.717) is 4.88 Å². The Hall–Kier alpha value is -1.91. The van der Waals surface area contributed by atoms with Crippen LogP contribution in [0.3, 0.4) is 0 Å². The van der Waals surface area contributed by atoms with Gasteiger partial charge in [0.05, 0.1) is 10.9 Å². The van der Waals surface area contributed by atoms with E-state index in [0.717, 1.165) is 22.7 Å². The van der Waals surface area contributed by atoms with Gasteiger partial charge in [0, 0.05) is 4.88 Å². The van der Waals surface area contributed by atoms with Gasteiger partial charge in [-0.3, -0.25) is 4.79 Å². The Morgan fingerprint density at radius 1 is 1.21 bits per heavy atom. The monoisotopic (exact) mass is 376 g/mol. The first-order valence-electron chi connectivity index (χ1n) is 6.73. The van der Waals surface area contributed by atoms with E-state index in [9.17, 15) is 27.9 Å². The topological polar surface area (TPSA) is 78.4 Å². The molecule has 2 amide bonds. The van der Waals surface area contributed by atoms with Gasteiger partial charge in [-0.2, -0.15) is 13.2 Å². The van der Waals surface area contributed by atoms with E-state index in [1.807, 2.05) is 0 Å². The average molecular weight is 376 g/mol. The van der Waals surface area contributed by atoms with Crippen LogP contribution in [0.15, 0.2) is 35.0 Å². The summed E-state index contributed by atoms with van der Waals surface area (Å²) < 4.78 is 40.6. The van der Waals surface area contributed by atoms with Gasteiger partial charge >= 0.3 is 12.2 Å². The molecule has 3 rings (SSSR count). The van der Waals surface area contributed by atoms with Crippen molar-refractivity contribution in [2.24, 2.45) is 5.92 Å². The van der Waals surface area contributed by atoms with Crippen molar-refractivity contribution in [2.45, 2.75) is 17.9 Å². The third-order valence-corrected chi connectivity index (χ3v) is 5.54. The predicted molar refractivity (Wildman–Crippen MR) is 81.9 cm³/mol. The quantitative estimate of drug-likeness (QED) is 0.721. The van der Waals surface area contributed by atoms with Crippen LogP contribution in [-0.2, 0) is 0 Å². The molecule has 24 heavy (non-hydrogen) atoms. The lowest BCUT2D eigenvalue weighted by atomic mass is 9.81. The Morgan fingerprint density at radius 3 is 2.42 bits per heavy atom. The van der Waals surface area contributed by atoms with Crippen molar-refractivity contribution in [3.8, 4) is 0 Å². The van der Waals surface area contributed by atoms with Crippen LogP contribution in [0.25, 0.3) is 0 Å². The molecule has 1 aliphatic rings.